The van der Waals surface area contributed by atoms with Gasteiger partial charge in [0.05, 0.1) is 0 Å². The molecule has 8 heteroatoms. The van der Waals surface area contributed by atoms with E-state index in [0.717, 1.165) is 56.2 Å². The Morgan fingerprint density at radius 1 is 1.21 bits per heavy atom. The number of carbonyl (C=O) groups is 1. The maximum absolute atomic E-state index is 11.4. The minimum atomic E-state index is 0. The third-order valence-corrected chi connectivity index (χ3v) is 6.14. The number of hydrogen-bond acceptors (Lipinski definition) is 3. The first kappa shape index (κ1) is 23.4. The normalized spacial score (nSPS) is 19.0. The summed E-state index contributed by atoms with van der Waals surface area (Å²) in [5.41, 5.74) is 1.63. The monoisotopic (exact) mass is 563 g/mol. The fourth-order valence-electron chi connectivity index (χ4n) is 3.63. The highest BCUT2D eigenvalue weighted by Gasteiger charge is 2.44. The molecule has 2 fully saturated rings. The SMILES string of the molecule is CN=C(NCCN1CCN(C(C)=O)CC1)NCC1(c2cccc(Br)c2)CC1.I. The molecule has 1 aromatic carbocycles. The number of carbonyl (C=O) groups excluding carboxylic acids is 1. The minimum absolute atomic E-state index is 0. The van der Waals surface area contributed by atoms with Crippen LogP contribution in [0.3, 0.4) is 0 Å². The zero-order valence-electron chi connectivity index (χ0n) is 16.7. The molecule has 0 atom stereocenters. The van der Waals surface area contributed by atoms with Gasteiger partial charge in [-0.2, -0.15) is 0 Å². The van der Waals surface area contributed by atoms with Gasteiger partial charge >= 0.3 is 0 Å². The lowest BCUT2D eigenvalue weighted by Gasteiger charge is -2.34. The number of nitrogens with one attached hydrogen (secondary N) is 2. The van der Waals surface area contributed by atoms with Crippen LogP contribution in [0.2, 0.25) is 0 Å². The molecule has 1 aliphatic carbocycles. The van der Waals surface area contributed by atoms with Gasteiger partial charge in [0.15, 0.2) is 5.96 Å². The van der Waals surface area contributed by atoms with E-state index in [9.17, 15) is 4.79 Å². The summed E-state index contributed by atoms with van der Waals surface area (Å²) in [5.74, 6) is 1.04. The van der Waals surface area contributed by atoms with Crippen LogP contribution in [-0.4, -0.2) is 74.5 Å². The summed E-state index contributed by atoms with van der Waals surface area (Å²) in [6.07, 6.45) is 2.43. The van der Waals surface area contributed by atoms with Crippen LogP contribution < -0.4 is 10.6 Å². The molecule has 156 valence electrons. The average Bonchev–Trinajstić information content (AvgIpc) is 3.46. The van der Waals surface area contributed by atoms with Gasteiger partial charge < -0.3 is 15.5 Å². The molecule has 0 bridgehead atoms. The smallest absolute Gasteiger partial charge is 0.219 e. The van der Waals surface area contributed by atoms with E-state index in [1.54, 1.807) is 6.92 Å². The Morgan fingerprint density at radius 2 is 1.93 bits per heavy atom. The van der Waals surface area contributed by atoms with Crippen LogP contribution in [0.15, 0.2) is 33.7 Å². The van der Waals surface area contributed by atoms with Gasteiger partial charge in [-0.1, -0.05) is 28.1 Å². The van der Waals surface area contributed by atoms with Crippen molar-refractivity contribution in [3.63, 3.8) is 0 Å². The van der Waals surface area contributed by atoms with Crippen molar-refractivity contribution in [2.45, 2.75) is 25.2 Å². The minimum Gasteiger partial charge on any atom is -0.356 e. The molecule has 1 saturated heterocycles. The van der Waals surface area contributed by atoms with Crippen molar-refractivity contribution in [1.29, 1.82) is 0 Å². The van der Waals surface area contributed by atoms with Crippen LogP contribution in [0.1, 0.15) is 25.3 Å². The standard InChI is InChI=1S/C20H30BrN5O.HI/c1-16(27)26-12-10-25(11-13-26)9-8-23-19(22-2)24-15-20(6-7-20)17-4-3-5-18(21)14-17;/h3-5,14H,6-13,15H2,1-2H3,(H2,22,23,24);1H. The lowest BCUT2D eigenvalue weighted by atomic mass is 9.96. The first-order valence-corrected chi connectivity index (χ1v) is 10.5. The van der Waals surface area contributed by atoms with Crippen molar-refractivity contribution in [2.75, 3.05) is 52.9 Å². The molecule has 0 aromatic heterocycles. The van der Waals surface area contributed by atoms with E-state index >= 15 is 0 Å². The maximum atomic E-state index is 11.4. The van der Waals surface area contributed by atoms with E-state index in [4.69, 9.17) is 0 Å². The fraction of sp³-hybridized carbons (Fsp3) is 0.600. The van der Waals surface area contributed by atoms with Gasteiger partial charge in [0.2, 0.25) is 5.91 Å². The first-order valence-electron chi connectivity index (χ1n) is 9.71. The van der Waals surface area contributed by atoms with Crippen molar-refractivity contribution in [3.8, 4) is 0 Å². The number of halogens is 2. The summed E-state index contributed by atoms with van der Waals surface area (Å²) in [7, 11) is 1.82. The molecule has 2 N–H and O–H groups in total. The number of guanidine groups is 1. The predicted molar refractivity (Wildman–Crippen MR) is 129 cm³/mol. The van der Waals surface area contributed by atoms with Crippen molar-refractivity contribution >= 4 is 51.8 Å². The molecule has 1 heterocycles. The number of hydrogen-bond donors (Lipinski definition) is 2. The van der Waals surface area contributed by atoms with Crippen LogP contribution in [0, 0.1) is 0 Å². The van der Waals surface area contributed by atoms with Gasteiger partial charge in [-0.25, -0.2) is 0 Å². The number of nitrogens with zero attached hydrogens (tertiary/aromatic N) is 3. The first-order chi connectivity index (χ1) is 13.0. The van der Waals surface area contributed by atoms with Gasteiger partial charge in [-0.05, 0) is 30.5 Å². The Hall–Kier alpha value is -0.870. The molecule has 0 radical (unpaired) electrons. The van der Waals surface area contributed by atoms with Gasteiger partial charge in [-0.3, -0.25) is 14.7 Å². The largest absolute Gasteiger partial charge is 0.356 e. The number of piperazine rings is 1. The molecule has 1 amide bonds. The molecular formula is C20H31BrIN5O. The molecule has 6 nitrogen and oxygen atoms in total. The Balaban J connectivity index is 0.00000280. The Kier molecular flexibility index (Phi) is 9.01. The van der Waals surface area contributed by atoms with Crippen molar-refractivity contribution in [3.05, 3.63) is 34.3 Å². The van der Waals surface area contributed by atoms with E-state index in [0.29, 0.717) is 0 Å². The molecule has 1 saturated carbocycles. The molecular weight excluding hydrogens is 533 g/mol. The van der Waals surface area contributed by atoms with Crippen LogP contribution >= 0.6 is 39.9 Å². The van der Waals surface area contributed by atoms with Crippen LogP contribution in [0.4, 0.5) is 0 Å². The van der Waals surface area contributed by atoms with Crippen molar-refractivity contribution in [2.24, 2.45) is 4.99 Å². The Labute approximate surface area is 193 Å². The summed E-state index contributed by atoms with van der Waals surface area (Å²) >= 11 is 3.58. The second-order valence-corrected chi connectivity index (χ2v) is 8.41. The summed E-state index contributed by atoms with van der Waals surface area (Å²) in [5, 5.41) is 6.92. The fourth-order valence-corrected chi connectivity index (χ4v) is 4.03. The van der Waals surface area contributed by atoms with Crippen LogP contribution in [0.25, 0.3) is 0 Å². The molecule has 3 rings (SSSR count). The zero-order chi connectivity index (χ0) is 19.3. The summed E-state index contributed by atoms with van der Waals surface area (Å²) in [6, 6.07) is 8.63. The van der Waals surface area contributed by atoms with Crippen LogP contribution in [0.5, 0.6) is 0 Å². The van der Waals surface area contributed by atoms with Gasteiger partial charge in [-0.15, -0.1) is 24.0 Å². The van der Waals surface area contributed by atoms with E-state index < -0.39 is 0 Å². The highest BCUT2D eigenvalue weighted by molar-refractivity contribution is 14.0. The number of amides is 1. The third-order valence-electron chi connectivity index (χ3n) is 5.65. The maximum Gasteiger partial charge on any atom is 0.219 e. The highest BCUT2D eigenvalue weighted by atomic mass is 127. The van der Waals surface area contributed by atoms with E-state index in [2.05, 4.69) is 60.7 Å². The second-order valence-electron chi connectivity index (χ2n) is 7.49. The predicted octanol–water partition coefficient (Wildman–Crippen LogP) is 2.43. The molecule has 0 unspecified atom stereocenters. The summed E-state index contributed by atoms with van der Waals surface area (Å²) in [4.78, 5) is 20.1. The highest BCUT2D eigenvalue weighted by Crippen LogP contribution is 2.48. The molecule has 28 heavy (non-hydrogen) atoms. The van der Waals surface area contributed by atoms with Gasteiger partial charge in [0.25, 0.3) is 0 Å². The summed E-state index contributed by atoms with van der Waals surface area (Å²) in [6.45, 7) is 7.91. The quantitative estimate of drug-likeness (QED) is 0.317. The Bertz CT molecular complexity index is 687. The number of rotatable bonds is 6. The summed E-state index contributed by atoms with van der Waals surface area (Å²) < 4.78 is 1.14. The van der Waals surface area contributed by atoms with E-state index in [-0.39, 0.29) is 35.3 Å². The average molecular weight is 564 g/mol. The van der Waals surface area contributed by atoms with Crippen LogP contribution in [-0.2, 0) is 10.2 Å². The lowest BCUT2D eigenvalue weighted by molar-refractivity contribution is -0.130. The van der Waals surface area contributed by atoms with E-state index in [1.807, 2.05) is 11.9 Å². The Morgan fingerprint density at radius 3 is 2.50 bits per heavy atom. The second kappa shape index (κ2) is 10.8. The number of benzene rings is 1. The zero-order valence-corrected chi connectivity index (χ0v) is 20.6. The van der Waals surface area contributed by atoms with Crippen molar-refractivity contribution < 1.29 is 4.79 Å². The van der Waals surface area contributed by atoms with Crippen molar-refractivity contribution in [1.82, 2.24) is 20.4 Å². The molecule has 2 aliphatic rings. The molecule has 0 spiro atoms. The topological polar surface area (TPSA) is 60.0 Å². The lowest BCUT2D eigenvalue weighted by Crippen LogP contribution is -2.50. The van der Waals surface area contributed by atoms with Gasteiger partial charge in [0, 0.05) is 69.7 Å². The number of aliphatic imine (C=N–C) groups is 1. The third kappa shape index (κ3) is 6.32. The molecule has 1 aliphatic heterocycles. The van der Waals surface area contributed by atoms with Gasteiger partial charge in [0.1, 0.15) is 0 Å². The van der Waals surface area contributed by atoms with E-state index in [1.165, 1.54) is 18.4 Å². The molecule has 1 aromatic rings.